The molecule has 18 heavy (non-hydrogen) atoms. The maximum absolute atomic E-state index is 12.1. The summed E-state index contributed by atoms with van der Waals surface area (Å²) in [5, 5.41) is 2.96. The fourth-order valence-corrected chi connectivity index (χ4v) is 2.33. The van der Waals surface area contributed by atoms with Crippen molar-refractivity contribution in [2.24, 2.45) is 5.92 Å². The molecule has 0 fully saturated rings. The Kier molecular flexibility index (Phi) is 6.19. The van der Waals surface area contributed by atoms with Gasteiger partial charge in [0.1, 0.15) is 0 Å². The summed E-state index contributed by atoms with van der Waals surface area (Å²) in [7, 11) is 0. The van der Waals surface area contributed by atoms with Gasteiger partial charge in [-0.25, -0.2) is 0 Å². The second-order valence-corrected chi connectivity index (χ2v) is 5.33. The Morgan fingerprint density at radius 3 is 2.72 bits per heavy atom. The molecule has 0 bridgehead atoms. The Balaban J connectivity index is 2.67. The number of hydrogen-bond acceptors (Lipinski definition) is 2. The third kappa shape index (κ3) is 4.33. The zero-order valence-electron chi connectivity index (χ0n) is 11.0. The molecule has 0 heterocycles. The molecular weight excluding hydrogens is 292 g/mol. The molecule has 0 aliphatic rings. The lowest BCUT2D eigenvalue weighted by molar-refractivity contribution is -0.120. The molecule has 1 amide bonds. The van der Waals surface area contributed by atoms with Gasteiger partial charge in [-0.2, -0.15) is 0 Å². The lowest BCUT2D eigenvalue weighted by Gasteiger charge is -2.15. The highest BCUT2D eigenvalue weighted by Crippen LogP contribution is 2.26. The van der Waals surface area contributed by atoms with Crippen molar-refractivity contribution in [2.45, 2.75) is 39.5 Å². The monoisotopic (exact) mass is 312 g/mol. The number of nitrogens with two attached hydrogens (primary N) is 1. The first-order valence-electron chi connectivity index (χ1n) is 6.44. The van der Waals surface area contributed by atoms with Crippen molar-refractivity contribution in [3.05, 3.63) is 22.7 Å². The van der Waals surface area contributed by atoms with E-state index >= 15 is 0 Å². The van der Waals surface area contributed by atoms with Crippen molar-refractivity contribution >= 4 is 33.2 Å². The number of nitrogens with one attached hydrogen (secondary N) is 1. The first-order chi connectivity index (χ1) is 8.58. The fraction of sp³-hybridized carbons (Fsp3) is 0.500. The van der Waals surface area contributed by atoms with Crippen LogP contribution < -0.4 is 11.1 Å². The number of nitrogen functional groups attached to an aromatic ring is 1. The van der Waals surface area contributed by atoms with E-state index in [4.69, 9.17) is 5.73 Å². The van der Waals surface area contributed by atoms with Crippen molar-refractivity contribution in [3.63, 3.8) is 0 Å². The van der Waals surface area contributed by atoms with Gasteiger partial charge in [-0.1, -0.05) is 26.7 Å². The van der Waals surface area contributed by atoms with Crippen LogP contribution >= 0.6 is 15.9 Å². The predicted molar refractivity (Wildman–Crippen MR) is 80.5 cm³/mol. The standard InChI is InChI=1S/C14H21BrN2O/c1-3-5-6-10(4-2)14(18)17-13-8-7-11(16)9-12(13)15/h7-10H,3-6,16H2,1-2H3,(H,17,18). The number of halogens is 1. The first kappa shape index (κ1) is 15.0. The molecule has 0 aromatic heterocycles. The summed E-state index contributed by atoms with van der Waals surface area (Å²) in [5.41, 5.74) is 7.13. The number of anilines is 2. The van der Waals surface area contributed by atoms with Gasteiger partial charge in [-0.15, -0.1) is 0 Å². The number of amides is 1. The molecule has 3 nitrogen and oxygen atoms in total. The molecule has 0 saturated heterocycles. The van der Waals surface area contributed by atoms with Crippen LogP contribution in [0.3, 0.4) is 0 Å². The summed E-state index contributed by atoms with van der Waals surface area (Å²) in [6.45, 7) is 4.19. The van der Waals surface area contributed by atoms with Crippen LogP contribution in [0.25, 0.3) is 0 Å². The van der Waals surface area contributed by atoms with E-state index in [1.165, 1.54) is 0 Å². The van der Waals surface area contributed by atoms with Crippen LogP contribution in [0.2, 0.25) is 0 Å². The van der Waals surface area contributed by atoms with Crippen LogP contribution in [0.5, 0.6) is 0 Å². The van der Waals surface area contributed by atoms with Gasteiger partial charge in [0.25, 0.3) is 0 Å². The van der Waals surface area contributed by atoms with Crippen LogP contribution in [0, 0.1) is 5.92 Å². The third-order valence-corrected chi connectivity index (χ3v) is 3.68. The van der Waals surface area contributed by atoms with Crippen molar-refractivity contribution in [3.8, 4) is 0 Å². The highest BCUT2D eigenvalue weighted by Gasteiger charge is 2.16. The van der Waals surface area contributed by atoms with E-state index < -0.39 is 0 Å². The summed E-state index contributed by atoms with van der Waals surface area (Å²) in [6.07, 6.45) is 4.04. The van der Waals surface area contributed by atoms with Gasteiger partial charge in [-0.3, -0.25) is 4.79 Å². The lowest BCUT2D eigenvalue weighted by atomic mass is 9.98. The van der Waals surface area contributed by atoms with Crippen LogP contribution in [-0.2, 0) is 4.79 Å². The van der Waals surface area contributed by atoms with Crippen LogP contribution in [0.15, 0.2) is 22.7 Å². The quantitative estimate of drug-likeness (QED) is 0.774. The Hall–Kier alpha value is -1.03. The number of carbonyl (C=O) groups excluding carboxylic acids is 1. The normalized spacial score (nSPS) is 12.2. The SMILES string of the molecule is CCCCC(CC)C(=O)Nc1ccc(N)cc1Br. The molecule has 4 heteroatoms. The Bertz CT molecular complexity index is 407. The summed E-state index contributed by atoms with van der Waals surface area (Å²) >= 11 is 3.40. The Labute approximate surface area is 117 Å². The minimum atomic E-state index is 0.0920. The second-order valence-electron chi connectivity index (χ2n) is 4.48. The van der Waals surface area contributed by atoms with Gasteiger partial charge in [-0.05, 0) is 47.0 Å². The van der Waals surface area contributed by atoms with Gasteiger partial charge in [0.2, 0.25) is 5.91 Å². The van der Waals surface area contributed by atoms with Crippen molar-refractivity contribution < 1.29 is 4.79 Å². The molecule has 1 atom stereocenters. The zero-order chi connectivity index (χ0) is 13.5. The summed E-state index contributed by atoms with van der Waals surface area (Å²) in [5.74, 6) is 0.186. The summed E-state index contributed by atoms with van der Waals surface area (Å²) < 4.78 is 0.821. The number of unbranched alkanes of at least 4 members (excludes halogenated alkanes) is 1. The number of carbonyl (C=O) groups is 1. The molecule has 100 valence electrons. The number of hydrogen-bond donors (Lipinski definition) is 2. The van der Waals surface area contributed by atoms with Crippen LogP contribution in [0.1, 0.15) is 39.5 Å². The molecule has 1 unspecified atom stereocenters. The minimum absolute atomic E-state index is 0.0920. The molecular formula is C14H21BrN2O. The molecule has 1 aromatic rings. The minimum Gasteiger partial charge on any atom is -0.399 e. The number of rotatable bonds is 6. The predicted octanol–water partition coefficient (Wildman–Crippen LogP) is 4.19. The van der Waals surface area contributed by atoms with Crippen LogP contribution in [0.4, 0.5) is 11.4 Å². The van der Waals surface area contributed by atoms with E-state index in [0.29, 0.717) is 5.69 Å². The van der Waals surface area contributed by atoms with Crippen molar-refractivity contribution in [1.29, 1.82) is 0 Å². The maximum Gasteiger partial charge on any atom is 0.227 e. The first-order valence-corrected chi connectivity index (χ1v) is 7.23. The molecule has 1 rings (SSSR count). The maximum atomic E-state index is 12.1. The lowest BCUT2D eigenvalue weighted by Crippen LogP contribution is -2.22. The zero-order valence-corrected chi connectivity index (χ0v) is 12.6. The largest absolute Gasteiger partial charge is 0.399 e. The Morgan fingerprint density at radius 2 is 2.17 bits per heavy atom. The smallest absolute Gasteiger partial charge is 0.227 e. The van der Waals surface area contributed by atoms with Gasteiger partial charge in [0, 0.05) is 16.1 Å². The van der Waals surface area contributed by atoms with E-state index in [1.54, 1.807) is 12.1 Å². The van der Waals surface area contributed by atoms with Gasteiger partial charge in [0.15, 0.2) is 0 Å². The van der Waals surface area contributed by atoms with E-state index in [0.717, 1.165) is 35.8 Å². The molecule has 1 aromatic carbocycles. The van der Waals surface area contributed by atoms with Gasteiger partial charge < -0.3 is 11.1 Å². The molecule has 0 radical (unpaired) electrons. The van der Waals surface area contributed by atoms with Gasteiger partial charge >= 0.3 is 0 Å². The highest BCUT2D eigenvalue weighted by atomic mass is 79.9. The Morgan fingerprint density at radius 1 is 1.44 bits per heavy atom. The van der Waals surface area contributed by atoms with E-state index in [-0.39, 0.29) is 11.8 Å². The average Bonchev–Trinajstić information content (AvgIpc) is 2.34. The third-order valence-electron chi connectivity index (χ3n) is 3.02. The molecule has 0 saturated carbocycles. The highest BCUT2D eigenvalue weighted by molar-refractivity contribution is 9.10. The van der Waals surface area contributed by atoms with Crippen molar-refractivity contribution in [2.75, 3.05) is 11.1 Å². The van der Waals surface area contributed by atoms with Crippen LogP contribution in [-0.4, -0.2) is 5.91 Å². The molecule has 0 aliphatic carbocycles. The average molecular weight is 313 g/mol. The molecule has 0 spiro atoms. The molecule has 0 aliphatic heterocycles. The van der Waals surface area contributed by atoms with E-state index in [2.05, 4.69) is 35.1 Å². The topological polar surface area (TPSA) is 55.1 Å². The second kappa shape index (κ2) is 7.41. The van der Waals surface area contributed by atoms with E-state index in [9.17, 15) is 4.79 Å². The van der Waals surface area contributed by atoms with E-state index in [1.807, 2.05) is 6.07 Å². The van der Waals surface area contributed by atoms with Gasteiger partial charge in [0.05, 0.1) is 5.69 Å². The number of benzene rings is 1. The summed E-state index contributed by atoms with van der Waals surface area (Å²) in [6, 6.07) is 5.40. The fourth-order valence-electron chi connectivity index (χ4n) is 1.84. The summed E-state index contributed by atoms with van der Waals surface area (Å²) in [4.78, 5) is 12.1. The molecule has 3 N–H and O–H groups in total. The van der Waals surface area contributed by atoms with Crippen molar-refractivity contribution in [1.82, 2.24) is 0 Å².